The minimum Gasteiger partial charge on any atom is -0.497 e. The number of nitrogens with zero attached hydrogens (tertiary/aromatic N) is 2. The van der Waals surface area contributed by atoms with Crippen molar-refractivity contribution in [1.29, 1.82) is 0 Å². The number of hydrogen-bond acceptors (Lipinski definition) is 2. The summed E-state index contributed by atoms with van der Waals surface area (Å²) in [5, 5.41) is 0. The summed E-state index contributed by atoms with van der Waals surface area (Å²) in [6.45, 7) is 3.32. The molecule has 0 radical (unpaired) electrons. The maximum Gasteiger partial charge on any atom is 0.737 e. The number of fused-ring (bicyclic) bond motifs is 2. The van der Waals surface area contributed by atoms with E-state index in [4.69, 9.17) is 9.47 Å². The molecule has 0 N–H and O–H groups in total. The molecule has 2 aliphatic heterocycles. The van der Waals surface area contributed by atoms with E-state index in [1.165, 1.54) is 8.96 Å². The van der Waals surface area contributed by atoms with E-state index in [-0.39, 0.29) is 0 Å². The van der Waals surface area contributed by atoms with E-state index in [1.807, 2.05) is 26.0 Å². The first-order chi connectivity index (χ1) is 14.1. The fraction of sp³-hybridized carbons (Fsp3) is 0.286. The molecule has 0 atom stereocenters. The summed E-state index contributed by atoms with van der Waals surface area (Å²) < 4.78 is 47.1. The summed E-state index contributed by atoms with van der Waals surface area (Å²) in [5.74, 6) is 1.23. The summed E-state index contributed by atoms with van der Waals surface area (Å²) >= 11 is 4.34. The van der Waals surface area contributed by atoms with Crippen LogP contribution in [-0.4, -0.2) is 35.9 Å². The van der Waals surface area contributed by atoms with E-state index in [1.54, 1.807) is 34.1 Å². The van der Waals surface area contributed by atoms with Crippen LogP contribution in [0, 0.1) is 17.4 Å². The van der Waals surface area contributed by atoms with Gasteiger partial charge in [0, 0.05) is 27.8 Å². The first kappa shape index (κ1) is 21.9. The van der Waals surface area contributed by atoms with Crippen LogP contribution < -0.4 is 9.47 Å². The van der Waals surface area contributed by atoms with Gasteiger partial charge in [-0.1, -0.05) is 0 Å². The average Bonchev–Trinajstić information content (AvgIpc) is 3.09. The molecule has 0 saturated heterocycles. The van der Waals surface area contributed by atoms with E-state index < -0.39 is 6.97 Å². The fourth-order valence-electron chi connectivity index (χ4n) is 4.50. The van der Waals surface area contributed by atoms with Gasteiger partial charge in [-0.05, 0) is 94.9 Å². The zero-order chi connectivity index (χ0) is 22.1. The lowest BCUT2D eigenvalue weighted by atomic mass is 9.83. The van der Waals surface area contributed by atoms with E-state index >= 15 is 8.63 Å². The van der Waals surface area contributed by atoms with Crippen LogP contribution >= 0.6 is 45.2 Å². The maximum absolute atomic E-state index is 16.0. The Bertz CT molecular complexity index is 1190. The predicted molar refractivity (Wildman–Crippen MR) is 133 cm³/mol. The van der Waals surface area contributed by atoms with E-state index in [0.717, 1.165) is 29.4 Å². The van der Waals surface area contributed by atoms with Crippen molar-refractivity contribution in [1.82, 2.24) is 4.48 Å². The molecule has 4 rings (SSSR count). The molecule has 0 spiro atoms. The fourth-order valence-corrected chi connectivity index (χ4v) is 5.53. The van der Waals surface area contributed by atoms with Gasteiger partial charge < -0.3 is 27.1 Å². The molecular weight excluding hydrogens is 615 g/mol. The molecule has 0 bridgehead atoms. The third-order valence-corrected chi connectivity index (χ3v) is 9.12. The van der Waals surface area contributed by atoms with Gasteiger partial charge >= 0.3 is 6.97 Å². The van der Waals surface area contributed by atoms with Crippen LogP contribution in [0.5, 0.6) is 11.5 Å². The third kappa shape index (κ3) is 2.83. The van der Waals surface area contributed by atoms with Crippen molar-refractivity contribution in [3.05, 3.63) is 59.1 Å². The lowest BCUT2D eigenvalue weighted by Gasteiger charge is -2.34. The van der Waals surface area contributed by atoms with Crippen molar-refractivity contribution in [2.45, 2.75) is 27.7 Å². The molecule has 3 heterocycles. The second-order valence-corrected chi connectivity index (χ2v) is 9.71. The first-order valence-electron chi connectivity index (χ1n) is 9.43. The average molecular weight is 636 g/mol. The summed E-state index contributed by atoms with van der Waals surface area (Å²) in [6, 6.07) is 5.55. The molecule has 0 amide bonds. The molecule has 158 valence electrons. The highest BCUT2D eigenvalue weighted by Gasteiger charge is 2.56. The lowest BCUT2D eigenvalue weighted by molar-refractivity contribution is -0.363. The lowest BCUT2D eigenvalue weighted by Crippen LogP contribution is -2.51. The van der Waals surface area contributed by atoms with Crippen LogP contribution in [0.1, 0.15) is 36.4 Å². The number of halogens is 4. The van der Waals surface area contributed by atoms with Gasteiger partial charge in [-0.2, -0.15) is 0 Å². The van der Waals surface area contributed by atoms with E-state index in [0.29, 0.717) is 34.3 Å². The maximum atomic E-state index is 16.0. The van der Waals surface area contributed by atoms with Crippen LogP contribution in [0.3, 0.4) is 0 Å². The van der Waals surface area contributed by atoms with Gasteiger partial charge in [0.05, 0.1) is 23.4 Å². The number of hydrogen-bond donors (Lipinski definition) is 0. The molecule has 0 unspecified atom stereocenters. The molecule has 0 fully saturated rings. The molecule has 30 heavy (non-hydrogen) atoms. The Morgan fingerprint density at radius 1 is 0.967 bits per heavy atom. The first-order valence-corrected chi connectivity index (χ1v) is 11.6. The smallest absolute Gasteiger partial charge is 0.497 e. The monoisotopic (exact) mass is 636 g/mol. The van der Waals surface area contributed by atoms with E-state index in [2.05, 4.69) is 45.2 Å². The zero-order valence-corrected chi connectivity index (χ0v) is 21.8. The molecule has 0 saturated carbocycles. The van der Waals surface area contributed by atoms with Gasteiger partial charge in [0.25, 0.3) is 0 Å². The van der Waals surface area contributed by atoms with Crippen molar-refractivity contribution in [3.8, 4) is 11.5 Å². The van der Waals surface area contributed by atoms with Gasteiger partial charge in [0.1, 0.15) is 17.2 Å². The highest BCUT2D eigenvalue weighted by molar-refractivity contribution is 14.1. The molecule has 1 aromatic carbocycles. The van der Waals surface area contributed by atoms with Gasteiger partial charge in [-0.15, -0.1) is 0 Å². The van der Waals surface area contributed by atoms with Gasteiger partial charge in [0.15, 0.2) is 5.70 Å². The van der Waals surface area contributed by atoms with Gasteiger partial charge in [-0.3, -0.25) is 0 Å². The summed E-state index contributed by atoms with van der Waals surface area (Å²) in [4.78, 5) is 0. The summed E-state index contributed by atoms with van der Waals surface area (Å²) in [5.41, 5.74) is 5.53. The third-order valence-electron chi connectivity index (χ3n) is 5.94. The van der Waals surface area contributed by atoms with Gasteiger partial charge in [-0.25, -0.2) is 0 Å². The number of ether oxygens (including phenoxy) is 2. The highest BCUT2D eigenvalue weighted by Crippen LogP contribution is 2.48. The zero-order valence-electron chi connectivity index (χ0n) is 17.5. The Morgan fingerprint density at radius 2 is 1.53 bits per heavy atom. The van der Waals surface area contributed by atoms with Crippen LogP contribution in [0.4, 0.5) is 8.63 Å². The van der Waals surface area contributed by atoms with Crippen LogP contribution in [-0.2, 0) is 0 Å². The standard InChI is InChI=1S/C21H21BF2I2N2O2/c1-10-18(25)12(3)27-20(10)17(14-7-15(29-5)9-16(8-14)30-6)21-11(2)19(26)13(4)28(21)22(27,23)24/h7-9H,1-6H3. The number of aromatic nitrogens is 1. The van der Waals surface area contributed by atoms with Crippen LogP contribution in [0.2, 0.25) is 0 Å². The number of allylic oxidation sites excluding steroid dienone is 2. The molecule has 2 aliphatic rings. The largest absolute Gasteiger partial charge is 0.737 e. The number of methoxy groups -OCH3 is 2. The van der Waals surface area contributed by atoms with Gasteiger partial charge in [0.2, 0.25) is 0 Å². The van der Waals surface area contributed by atoms with Crippen LogP contribution in [0.25, 0.3) is 5.57 Å². The second kappa shape index (κ2) is 7.35. The number of rotatable bonds is 3. The minimum absolute atomic E-state index is 0.557. The molecule has 0 aliphatic carbocycles. The molecule has 1 aromatic heterocycles. The Morgan fingerprint density at radius 3 is 2.07 bits per heavy atom. The molecule has 4 nitrogen and oxygen atoms in total. The van der Waals surface area contributed by atoms with Crippen molar-refractivity contribution < 1.29 is 22.6 Å². The topological polar surface area (TPSA) is 26.4 Å². The quantitative estimate of drug-likeness (QED) is 0.309. The summed E-state index contributed by atoms with van der Waals surface area (Å²) in [6.07, 6.45) is 0. The Balaban J connectivity index is 2.22. The van der Waals surface area contributed by atoms with Crippen molar-refractivity contribution in [2.75, 3.05) is 14.2 Å². The predicted octanol–water partition coefficient (Wildman–Crippen LogP) is 5.92. The molecule has 9 heteroatoms. The van der Waals surface area contributed by atoms with Crippen LogP contribution in [0.15, 0.2) is 33.0 Å². The highest BCUT2D eigenvalue weighted by atomic mass is 127. The van der Waals surface area contributed by atoms with Crippen molar-refractivity contribution >= 4 is 63.4 Å². The SMILES string of the molecule is COc1cc(OC)cc(C2=C3C(C)=C(I)C(C)=[N+]3[B-](F)(F)n3c(C)c(I)c(C)c32)c1. The van der Waals surface area contributed by atoms with Crippen molar-refractivity contribution in [2.24, 2.45) is 0 Å². The summed E-state index contributed by atoms with van der Waals surface area (Å²) in [7, 11) is 3.17. The second-order valence-electron chi connectivity index (χ2n) is 7.55. The Kier molecular flexibility index (Phi) is 5.36. The Labute approximate surface area is 202 Å². The van der Waals surface area contributed by atoms with E-state index in [9.17, 15) is 0 Å². The molecular formula is C21H21BF2I2N2O2. The Hall–Kier alpha value is -1.37. The number of benzene rings is 1. The minimum atomic E-state index is -4.03. The van der Waals surface area contributed by atoms with Crippen molar-refractivity contribution in [3.63, 3.8) is 0 Å². The normalized spacial score (nSPS) is 17.5. The molecule has 2 aromatic rings.